The Morgan fingerprint density at radius 3 is 1.52 bits per heavy atom. The molecule has 0 heterocycles. The van der Waals surface area contributed by atoms with Crippen molar-refractivity contribution in [1.29, 1.82) is 0 Å². The number of hydrogen-bond acceptors (Lipinski definition) is 14. The highest BCUT2D eigenvalue weighted by Gasteiger charge is 2.28. The van der Waals surface area contributed by atoms with Crippen LogP contribution in [-0.2, 0) is 43.6 Å². The maximum absolute atomic E-state index is 13.6. The van der Waals surface area contributed by atoms with Crippen LogP contribution in [0.5, 0.6) is 0 Å². The van der Waals surface area contributed by atoms with E-state index in [9.17, 15) is 41.5 Å². The average Bonchev–Trinajstić information content (AvgIpc) is 3.29. The van der Waals surface area contributed by atoms with E-state index < -0.39 is 89.7 Å². The SMILES string of the molecule is CC(C)C=O.CC[C@H](NC(=O)[C@H](CCCN=C(N)N)NC(=O)[C@H](N)CCN)C(=O)N[C@@H](C=O)Cc1ccccc1.NCCN.OCc1cc(F)c(NNc2c(F)cc(CO)cc2F)c(F)c1. The Bertz CT molecular complexity index is 1840. The predicted molar refractivity (Wildman–Crippen MR) is 245 cm³/mol. The van der Waals surface area contributed by atoms with Gasteiger partial charge >= 0.3 is 0 Å². The average molecular weight is 939 g/mol. The van der Waals surface area contributed by atoms with Crippen LogP contribution in [0.25, 0.3) is 0 Å². The molecule has 19 nitrogen and oxygen atoms in total. The van der Waals surface area contributed by atoms with E-state index in [1.807, 2.05) is 55.0 Å². The molecule has 0 aliphatic carbocycles. The predicted octanol–water partition coefficient (Wildman–Crippen LogP) is 0.434. The summed E-state index contributed by atoms with van der Waals surface area (Å²) >= 11 is 0. The fourth-order valence-corrected chi connectivity index (χ4v) is 5.07. The van der Waals surface area contributed by atoms with Gasteiger partial charge in [0.05, 0.1) is 25.3 Å². The Hall–Kier alpha value is -6.24. The summed E-state index contributed by atoms with van der Waals surface area (Å²) in [6.07, 6.45) is 3.04. The van der Waals surface area contributed by atoms with Crippen molar-refractivity contribution in [1.82, 2.24) is 16.0 Å². The fraction of sp³-hybridized carbons (Fsp3) is 0.442. The zero-order valence-electron chi connectivity index (χ0n) is 37.4. The van der Waals surface area contributed by atoms with E-state index in [0.29, 0.717) is 32.2 Å². The number of amides is 3. The summed E-state index contributed by atoms with van der Waals surface area (Å²) < 4.78 is 54.6. The summed E-state index contributed by atoms with van der Waals surface area (Å²) in [4.78, 5) is 63.0. The minimum atomic E-state index is -1.04. The number of nitrogens with two attached hydrogens (primary N) is 6. The van der Waals surface area contributed by atoms with Crippen molar-refractivity contribution >= 4 is 47.6 Å². The molecular weight excluding hydrogens is 873 g/mol. The highest BCUT2D eigenvalue weighted by Crippen LogP contribution is 2.24. The molecule has 368 valence electrons. The van der Waals surface area contributed by atoms with Crippen LogP contribution < -0.4 is 61.2 Å². The third kappa shape index (κ3) is 24.2. The summed E-state index contributed by atoms with van der Waals surface area (Å²) in [5.74, 6) is -5.62. The first-order valence-corrected chi connectivity index (χ1v) is 20.8. The van der Waals surface area contributed by atoms with E-state index in [4.69, 9.17) is 44.6 Å². The van der Waals surface area contributed by atoms with Gasteiger partial charge in [0.1, 0.15) is 36.0 Å². The van der Waals surface area contributed by atoms with Crippen molar-refractivity contribution in [3.63, 3.8) is 0 Å². The van der Waals surface area contributed by atoms with Gasteiger partial charge in [-0.3, -0.25) is 30.2 Å². The van der Waals surface area contributed by atoms with Crippen molar-refractivity contribution in [3.8, 4) is 0 Å². The molecule has 0 aliphatic heterocycles. The molecule has 19 N–H and O–H groups in total. The van der Waals surface area contributed by atoms with Crippen molar-refractivity contribution in [2.45, 2.75) is 90.3 Å². The number of rotatable bonds is 23. The summed E-state index contributed by atoms with van der Waals surface area (Å²) in [7, 11) is 0. The minimum Gasteiger partial charge on any atom is -0.392 e. The van der Waals surface area contributed by atoms with Crippen LogP contribution in [0.2, 0.25) is 0 Å². The zero-order chi connectivity index (χ0) is 50.2. The maximum atomic E-state index is 13.6. The van der Waals surface area contributed by atoms with Gasteiger partial charge in [-0.2, -0.15) is 0 Å². The Labute approximate surface area is 381 Å². The number of anilines is 2. The lowest BCUT2D eigenvalue weighted by Gasteiger charge is -2.24. The van der Waals surface area contributed by atoms with Gasteiger partial charge in [0.15, 0.2) is 29.2 Å². The lowest BCUT2D eigenvalue weighted by molar-refractivity contribution is -0.133. The zero-order valence-corrected chi connectivity index (χ0v) is 37.4. The molecular formula is C43H66F4N12O7. The van der Waals surface area contributed by atoms with Crippen LogP contribution in [0.4, 0.5) is 28.9 Å². The van der Waals surface area contributed by atoms with Crippen molar-refractivity contribution < 1.29 is 51.7 Å². The van der Waals surface area contributed by atoms with Gasteiger partial charge in [0.2, 0.25) is 17.7 Å². The number of halogens is 4. The van der Waals surface area contributed by atoms with Crippen LogP contribution in [-0.4, -0.2) is 96.8 Å². The molecule has 3 aromatic carbocycles. The number of guanidine groups is 1. The van der Waals surface area contributed by atoms with Crippen molar-refractivity contribution in [2.24, 2.45) is 45.3 Å². The number of carbonyl (C=O) groups excluding carboxylic acids is 5. The minimum absolute atomic E-state index is 0.0187. The van der Waals surface area contributed by atoms with Crippen molar-refractivity contribution in [2.75, 3.05) is 37.0 Å². The molecule has 0 aromatic heterocycles. The molecule has 4 atom stereocenters. The molecule has 23 heteroatoms. The normalized spacial score (nSPS) is 12.1. The lowest BCUT2D eigenvalue weighted by atomic mass is 10.1. The fourth-order valence-electron chi connectivity index (χ4n) is 5.07. The molecule has 0 unspecified atom stereocenters. The molecule has 3 aromatic rings. The van der Waals surface area contributed by atoms with Gasteiger partial charge < -0.3 is 70.2 Å². The van der Waals surface area contributed by atoms with Gasteiger partial charge in [0, 0.05) is 25.6 Å². The number of nitrogens with zero attached hydrogens (tertiary/aromatic N) is 1. The number of hydrazine groups is 1. The van der Waals surface area contributed by atoms with Crippen LogP contribution in [0.3, 0.4) is 0 Å². The number of benzene rings is 3. The van der Waals surface area contributed by atoms with Crippen LogP contribution in [0, 0.1) is 29.2 Å². The lowest BCUT2D eigenvalue weighted by Crippen LogP contribution is -2.56. The van der Waals surface area contributed by atoms with E-state index in [2.05, 4.69) is 20.9 Å². The van der Waals surface area contributed by atoms with E-state index >= 15 is 0 Å². The van der Waals surface area contributed by atoms with Gasteiger partial charge in [-0.05, 0) is 79.6 Å². The highest BCUT2D eigenvalue weighted by molar-refractivity contribution is 5.93. The number of nitrogens with one attached hydrogen (secondary N) is 5. The topological polar surface area (TPSA) is 354 Å². The van der Waals surface area contributed by atoms with E-state index in [1.54, 1.807) is 6.92 Å². The molecule has 0 radical (unpaired) electrons. The van der Waals surface area contributed by atoms with Crippen molar-refractivity contribution in [3.05, 3.63) is 94.6 Å². The Balaban J connectivity index is 0.00000115. The van der Waals surface area contributed by atoms with Gasteiger partial charge in [-0.15, -0.1) is 0 Å². The highest BCUT2D eigenvalue weighted by atomic mass is 19.1. The number of carbonyl (C=O) groups is 5. The molecule has 0 saturated carbocycles. The maximum Gasteiger partial charge on any atom is 0.243 e. The molecule has 3 amide bonds. The monoisotopic (exact) mass is 939 g/mol. The third-order valence-electron chi connectivity index (χ3n) is 8.54. The standard InChI is InChI=1S/C23H38N8O4.C14H12F4N2O2.C4H8O.C2H8N2/c1-2-18(21(34)29-16(14-32)13-15-7-4-3-5-8-15)30-22(35)19(9-6-12-28-23(26)27)31-20(33)17(25)10-11-24;15-9-1-7(5-21)2-10(16)13(9)19-20-14-11(17)3-8(6-22)4-12(14)18;1-4(2)3-5;3-1-2-4/h3-5,7-8,14,16-19H,2,6,9-13,24-25H2,1H3,(H,29,34)(H,30,35)(H,31,33)(H4,26,27,28);1-4,19-22H,5-6H2;3-4H,1-2H3;1-4H2/t16-,17-,18+,19+;;;/m1.../s1. The second-order valence-electron chi connectivity index (χ2n) is 14.5. The molecule has 3 rings (SSSR count). The number of aldehydes is 2. The first-order chi connectivity index (χ1) is 31.3. The first kappa shape index (κ1) is 59.8. The second-order valence-corrected chi connectivity index (χ2v) is 14.5. The molecule has 0 bridgehead atoms. The van der Waals surface area contributed by atoms with Gasteiger partial charge in [-0.1, -0.05) is 51.1 Å². The number of aliphatic hydroxyl groups is 2. The van der Waals surface area contributed by atoms with Crippen LogP contribution in [0.1, 0.15) is 63.1 Å². The quantitative estimate of drug-likeness (QED) is 0.0153. The summed E-state index contributed by atoms with van der Waals surface area (Å²) in [6.45, 7) is 6.01. The second kappa shape index (κ2) is 34.2. The third-order valence-corrected chi connectivity index (χ3v) is 8.54. The first-order valence-electron chi connectivity index (χ1n) is 20.8. The van der Waals surface area contributed by atoms with Crippen LogP contribution >= 0.6 is 0 Å². The Kier molecular flexibility index (Phi) is 30.9. The molecule has 0 saturated heterocycles. The Morgan fingerprint density at radius 1 is 0.682 bits per heavy atom. The molecule has 0 fully saturated rings. The van der Waals surface area contributed by atoms with E-state index in [1.165, 1.54) is 0 Å². The number of aliphatic hydroxyl groups excluding tert-OH is 2. The van der Waals surface area contributed by atoms with Crippen LogP contribution in [0.15, 0.2) is 59.6 Å². The summed E-state index contributed by atoms with van der Waals surface area (Å²) in [5.41, 5.74) is 35.4. The summed E-state index contributed by atoms with van der Waals surface area (Å²) in [6, 6.07) is 9.29. The Morgan fingerprint density at radius 2 is 1.14 bits per heavy atom. The molecule has 66 heavy (non-hydrogen) atoms. The van der Waals surface area contributed by atoms with Gasteiger partial charge in [0.25, 0.3) is 0 Å². The summed E-state index contributed by atoms with van der Waals surface area (Å²) in [5, 5.41) is 25.6. The molecule has 0 aliphatic rings. The van der Waals surface area contributed by atoms with E-state index in [0.717, 1.165) is 36.1 Å². The molecule has 0 spiro atoms. The van der Waals surface area contributed by atoms with E-state index in [-0.39, 0.29) is 55.4 Å². The largest absolute Gasteiger partial charge is 0.392 e. The number of hydrogen-bond donors (Lipinski definition) is 13. The smallest absolute Gasteiger partial charge is 0.243 e. The number of aliphatic imine (C=N–C) groups is 1. The van der Waals surface area contributed by atoms with Gasteiger partial charge in [-0.25, -0.2) is 17.6 Å².